The third kappa shape index (κ3) is 6.52. The van der Waals surface area contributed by atoms with Gasteiger partial charge in [0.05, 0.1) is 19.3 Å². The second-order valence-electron chi connectivity index (χ2n) is 3.39. The van der Waals surface area contributed by atoms with Gasteiger partial charge >= 0.3 is 5.97 Å². The lowest BCUT2D eigenvalue weighted by atomic mass is 10.1. The maximum absolute atomic E-state index is 11.1. The van der Waals surface area contributed by atoms with E-state index in [1.165, 1.54) is 6.08 Å². The van der Waals surface area contributed by atoms with Crippen LogP contribution in [0.4, 0.5) is 0 Å². The Kier molecular flexibility index (Phi) is 6.89. The van der Waals surface area contributed by atoms with Gasteiger partial charge in [-0.05, 0) is 19.8 Å². The van der Waals surface area contributed by atoms with E-state index >= 15 is 0 Å². The van der Waals surface area contributed by atoms with Crippen LogP contribution in [-0.2, 0) is 14.3 Å². The summed E-state index contributed by atoms with van der Waals surface area (Å²) in [7, 11) is 0. The van der Waals surface area contributed by atoms with Gasteiger partial charge in [0.25, 0.3) is 0 Å². The molecule has 0 bridgehead atoms. The molecule has 0 radical (unpaired) electrons. The number of carbonyl (C=O) groups excluding carboxylic acids is 1. The zero-order chi connectivity index (χ0) is 11.0. The first-order valence-electron chi connectivity index (χ1n) is 5.10. The minimum atomic E-state index is -0.323. The summed E-state index contributed by atoms with van der Waals surface area (Å²) < 4.78 is 10.1. The maximum atomic E-state index is 11.1. The Hall–Kier alpha value is -0.990. The molecule has 3 nitrogen and oxygen atoms in total. The van der Waals surface area contributed by atoms with Gasteiger partial charge in [-0.3, -0.25) is 0 Å². The first-order chi connectivity index (χ1) is 6.60. The lowest BCUT2D eigenvalue weighted by molar-refractivity contribution is -0.137. The molecule has 0 rings (SSSR count). The van der Waals surface area contributed by atoms with Crippen LogP contribution in [0.1, 0.15) is 34.1 Å². The fourth-order valence-corrected chi connectivity index (χ4v) is 1.06. The van der Waals surface area contributed by atoms with E-state index in [1.54, 1.807) is 6.92 Å². The fraction of sp³-hybridized carbons (Fsp3) is 0.727. The van der Waals surface area contributed by atoms with E-state index < -0.39 is 0 Å². The summed E-state index contributed by atoms with van der Waals surface area (Å²) in [5, 5.41) is 0. The molecule has 0 aliphatic heterocycles. The predicted molar refractivity (Wildman–Crippen MR) is 55.8 cm³/mol. The summed E-state index contributed by atoms with van der Waals surface area (Å²) >= 11 is 0. The summed E-state index contributed by atoms with van der Waals surface area (Å²) in [6.07, 6.45) is 2.21. The Morgan fingerprint density at radius 3 is 2.21 bits per heavy atom. The molecule has 0 atom stereocenters. The quantitative estimate of drug-likeness (QED) is 0.375. The van der Waals surface area contributed by atoms with Gasteiger partial charge in [-0.2, -0.15) is 0 Å². The molecule has 0 heterocycles. The fourth-order valence-electron chi connectivity index (χ4n) is 1.06. The van der Waals surface area contributed by atoms with Crippen LogP contribution in [0.5, 0.6) is 0 Å². The molecule has 0 aromatic carbocycles. The maximum Gasteiger partial charge on any atom is 0.334 e. The Morgan fingerprint density at radius 2 is 1.79 bits per heavy atom. The molecule has 0 amide bonds. The van der Waals surface area contributed by atoms with Crippen LogP contribution in [0, 0.1) is 5.92 Å². The van der Waals surface area contributed by atoms with Crippen molar-refractivity contribution in [3.8, 4) is 0 Å². The van der Waals surface area contributed by atoms with Crippen molar-refractivity contribution in [2.75, 3.05) is 13.2 Å². The highest BCUT2D eigenvalue weighted by Gasteiger charge is 2.05. The minimum absolute atomic E-state index is 0.323. The van der Waals surface area contributed by atoms with Crippen molar-refractivity contribution in [2.45, 2.75) is 34.1 Å². The number of rotatable bonds is 6. The van der Waals surface area contributed by atoms with E-state index in [4.69, 9.17) is 9.47 Å². The van der Waals surface area contributed by atoms with Crippen LogP contribution in [0.25, 0.3) is 0 Å². The molecule has 0 unspecified atom stereocenters. The van der Waals surface area contributed by atoms with Crippen molar-refractivity contribution in [1.29, 1.82) is 0 Å². The minimum Gasteiger partial charge on any atom is -0.498 e. The van der Waals surface area contributed by atoms with Gasteiger partial charge in [-0.1, -0.05) is 13.8 Å². The van der Waals surface area contributed by atoms with Crippen molar-refractivity contribution in [3.05, 3.63) is 11.8 Å². The van der Waals surface area contributed by atoms with E-state index in [0.717, 1.165) is 6.42 Å². The molecule has 0 N–H and O–H groups in total. The average molecular weight is 200 g/mol. The van der Waals surface area contributed by atoms with Gasteiger partial charge in [0.2, 0.25) is 0 Å². The molecule has 0 aliphatic rings. The zero-order valence-corrected chi connectivity index (χ0v) is 9.50. The van der Waals surface area contributed by atoms with Crippen LogP contribution >= 0.6 is 0 Å². The summed E-state index contributed by atoms with van der Waals surface area (Å²) in [6, 6.07) is 0. The van der Waals surface area contributed by atoms with Crippen LogP contribution in [0.2, 0.25) is 0 Å². The highest BCUT2D eigenvalue weighted by atomic mass is 16.5. The first-order valence-corrected chi connectivity index (χ1v) is 5.10. The molecule has 14 heavy (non-hydrogen) atoms. The van der Waals surface area contributed by atoms with Crippen LogP contribution in [-0.4, -0.2) is 19.2 Å². The summed E-state index contributed by atoms with van der Waals surface area (Å²) in [5.74, 6) is 0.861. The summed E-state index contributed by atoms with van der Waals surface area (Å²) in [4.78, 5) is 11.1. The molecule has 0 spiro atoms. The largest absolute Gasteiger partial charge is 0.498 e. The Morgan fingerprint density at radius 1 is 1.21 bits per heavy atom. The molecule has 0 aromatic rings. The van der Waals surface area contributed by atoms with Gasteiger partial charge in [-0.25, -0.2) is 4.79 Å². The van der Waals surface area contributed by atoms with E-state index in [2.05, 4.69) is 13.8 Å². The Balaban J connectivity index is 4.23. The summed E-state index contributed by atoms with van der Waals surface area (Å²) in [6.45, 7) is 8.83. The normalized spacial score (nSPS) is 11.6. The predicted octanol–water partition coefficient (Wildman–Crippen LogP) is 2.52. The van der Waals surface area contributed by atoms with Crippen molar-refractivity contribution in [2.24, 2.45) is 5.92 Å². The van der Waals surface area contributed by atoms with E-state index in [0.29, 0.717) is 24.9 Å². The number of ether oxygens (including phenoxy) is 2. The second-order valence-corrected chi connectivity index (χ2v) is 3.39. The van der Waals surface area contributed by atoms with Crippen molar-refractivity contribution in [1.82, 2.24) is 0 Å². The monoisotopic (exact) mass is 200 g/mol. The average Bonchev–Trinajstić information content (AvgIpc) is 2.03. The summed E-state index contributed by atoms with van der Waals surface area (Å²) in [5.41, 5.74) is 0. The SMILES string of the molecule is CCOC(=O)C=C(CC(C)C)OCC. The molecule has 0 aromatic heterocycles. The molecule has 0 fully saturated rings. The van der Waals surface area contributed by atoms with E-state index in [1.807, 2.05) is 6.92 Å². The molecular formula is C11H20O3. The standard InChI is InChI=1S/C11H20O3/c1-5-13-10(7-9(3)4)8-11(12)14-6-2/h8-9H,5-7H2,1-4H3. The van der Waals surface area contributed by atoms with Crippen molar-refractivity contribution < 1.29 is 14.3 Å². The third-order valence-electron chi connectivity index (χ3n) is 1.50. The number of carbonyl (C=O) groups is 1. The number of hydrogen-bond donors (Lipinski definition) is 0. The Bertz CT molecular complexity index is 195. The van der Waals surface area contributed by atoms with Crippen molar-refractivity contribution >= 4 is 5.97 Å². The lowest BCUT2D eigenvalue weighted by Gasteiger charge is -2.10. The topological polar surface area (TPSA) is 35.5 Å². The molecule has 82 valence electrons. The van der Waals surface area contributed by atoms with E-state index in [9.17, 15) is 4.79 Å². The van der Waals surface area contributed by atoms with Crippen LogP contribution < -0.4 is 0 Å². The zero-order valence-electron chi connectivity index (χ0n) is 9.50. The van der Waals surface area contributed by atoms with Crippen LogP contribution in [0.3, 0.4) is 0 Å². The smallest absolute Gasteiger partial charge is 0.334 e. The molecular weight excluding hydrogens is 180 g/mol. The first kappa shape index (κ1) is 13.0. The van der Waals surface area contributed by atoms with Gasteiger partial charge in [-0.15, -0.1) is 0 Å². The third-order valence-corrected chi connectivity index (χ3v) is 1.50. The van der Waals surface area contributed by atoms with Gasteiger partial charge in [0, 0.05) is 6.42 Å². The molecule has 0 saturated carbocycles. The second kappa shape index (κ2) is 7.42. The van der Waals surface area contributed by atoms with Crippen molar-refractivity contribution in [3.63, 3.8) is 0 Å². The van der Waals surface area contributed by atoms with Gasteiger partial charge in [0.1, 0.15) is 5.76 Å². The Labute approximate surface area is 86.1 Å². The number of allylic oxidation sites excluding steroid dienone is 1. The highest BCUT2D eigenvalue weighted by Crippen LogP contribution is 2.12. The highest BCUT2D eigenvalue weighted by molar-refractivity contribution is 5.82. The molecule has 0 saturated heterocycles. The number of esters is 1. The van der Waals surface area contributed by atoms with Crippen LogP contribution in [0.15, 0.2) is 11.8 Å². The van der Waals surface area contributed by atoms with Gasteiger partial charge in [0.15, 0.2) is 0 Å². The number of hydrogen-bond acceptors (Lipinski definition) is 3. The van der Waals surface area contributed by atoms with Gasteiger partial charge < -0.3 is 9.47 Å². The lowest BCUT2D eigenvalue weighted by Crippen LogP contribution is -2.04. The molecule has 3 heteroatoms. The molecule has 0 aliphatic carbocycles. The van der Waals surface area contributed by atoms with E-state index in [-0.39, 0.29) is 5.97 Å².